The van der Waals surface area contributed by atoms with E-state index in [0.29, 0.717) is 17.5 Å². The molecule has 0 saturated heterocycles. The topological polar surface area (TPSA) is 68.5 Å². The van der Waals surface area contributed by atoms with Crippen LogP contribution in [0.1, 0.15) is 77.7 Å². The number of esters is 1. The summed E-state index contributed by atoms with van der Waals surface area (Å²) in [6.45, 7) is 9.67. The molecule has 1 aromatic carbocycles. The van der Waals surface area contributed by atoms with Crippen molar-refractivity contribution in [1.82, 2.24) is 0 Å². The number of nitriles is 1. The molecule has 0 amide bonds. The summed E-state index contributed by atoms with van der Waals surface area (Å²) in [4.78, 5) is 14.2. The number of benzene rings is 1. The molecule has 0 aliphatic carbocycles. The Bertz CT molecular complexity index is 845. The van der Waals surface area contributed by atoms with Gasteiger partial charge in [0, 0.05) is 0 Å². The molecule has 0 bridgehead atoms. The number of nitrogens with zero attached hydrogens (tertiary/aromatic N) is 1. The minimum Gasteiger partial charge on any atom is -0.492 e. The van der Waals surface area contributed by atoms with Crippen molar-refractivity contribution in [3.63, 3.8) is 0 Å². The normalized spacial score (nSPS) is 14.0. The van der Waals surface area contributed by atoms with Crippen molar-refractivity contribution in [3.05, 3.63) is 21.4 Å². The van der Waals surface area contributed by atoms with Crippen LogP contribution in [0.4, 0.5) is 0 Å². The molecule has 0 fully saturated rings. The minimum atomic E-state index is -0.585. The number of hydrogen-bond acceptors (Lipinski definition) is 7. The SMILES string of the molecule is CCCCCCOc1cc(C)c(OCCCCCC)c2c1S/C(=C(/C#N)C(=O)OCC)S2. The summed E-state index contributed by atoms with van der Waals surface area (Å²) in [5.74, 6) is 1.03. The van der Waals surface area contributed by atoms with Crippen LogP contribution in [-0.2, 0) is 9.53 Å². The summed E-state index contributed by atoms with van der Waals surface area (Å²) >= 11 is 2.81. The van der Waals surface area contributed by atoms with Gasteiger partial charge in [-0.1, -0.05) is 75.9 Å². The molecule has 1 heterocycles. The van der Waals surface area contributed by atoms with Gasteiger partial charge in [-0.3, -0.25) is 0 Å². The molecule has 1 aliphatic heterocycles. The molecule has 5 nitrogen and oxygen atoms in total. The lowest BCUT2D eigenvalue weighted by molar-refractivity contribution is -0.138. The molecule has 0 aromatic heterocycles. The van der Waals surface area contributed by atoms with Gasteiger partial charge in [0.1, 0.15) is 17.6 Å². The number of carbonyl (C=O) groups is 1. The Morgan fingerprint density at radius 2 is 1.56 bits per heavy atom. The van der Waals surface area contributed by atoms with Crippen molar-refractivity contribution >= 4 is 29.5 Å². The molecule has 0 N–H and O–H groups in total. The third-order valence-electron chi connectivity index (χ3n) is 5.03. The maximum Gasteiger partial charge on any atom is 0.350 e. The van der Waals surface area contributed by atoms with E-state index in [1.807, 2.05) is 19.1 Å². The number of fused-ring (bicyclic) bond motifs is 1. The molecule has 0 saturated carbocycles. The van der Waals surface area contributed by atoms with E-state index in [9.17, 15) is 10.1 Å². The standard InChI is InChI=1S/C25H35NO4S2/c1-5-8-10-12-14-29-20-16-18(4)21(30-15-13-11-9-6-2)23-22(20)31-25(32-23)19(17-26)24(27)28-7-3/h16H,5-15H2,1-4H3/b25-19+. The first-order valence-corrected chi connectivity index (χ1v) is 13.3. The van der Waals surface area contributed by atoms with Gasteiger partial charge in [-0.15, -0.1) is 0 Å². The first-order valence-electron chi connectivity index (χ1n) is 11.7. The predicted octanol–water partition coefficient (Wildman–Crippen LogP) is 7.41. The highest BCUT2D eigenvalue weighted by Gasteiger charge is 2.32. The lowest BCUT2D eigenvalue weighted by Crippen LogP contribution is -2.07. The van der Waals surface area contributed by atoms with Gasteiger partial charge in [-0.05, 0) is 38.3 Å². The van der Waals surface area contributed by atoms with Crippen LogP contribution in [0.15, 0.2) is 25.7 Å². The summed E-state index contributed by atoms with van der Waals surface area (Å²) in [7, 11) is 0. The zero-order valence-electron chi connectivity index (χ0n) is 19.8. The van der Waals surface area contributed by atoms with Crippen LogP contribution in [0.25, 0.3) is 0 Å². The summed E-state index contributed by atoms with van der Waals surface area (Å²) in [6.07, 6.45) is 9.07. The van der Waals surface area contributed by atoms with Crippen LogP contribution >= 0.6 is 23.5 Å². The number of rotatable bonds is 14. The minimum absolute atomic E-state index is 0.0403. The summed E-state index contributed by atoms with van der Waals surface area (Å²) in [5.41, 5.74) is 1.05. The summed E-state index contributed by atoms with van der Waals surface area (Å²) < 4.78 is 18.1. The highest BCUT2D eigenvalue weighted by Crippen LogP contribution is 2.59. The van der Waals surface area contributed by atoms with Crippen LogP contribution in [-0.4, -0.2) is 25.8 Å². The van der Waals surface area contributed by atoms with Crippen molar-refractivity contribution in [3.8, 4) is 17.6 Å². The fraction of sp³-hybridized carbons (Fsp3) is 0.600. The Labute approximate surface area is 201 Å². The van der Waals surface area contributed by atoms with Crippen LogP contribution in [0.3, 0.4) is 0 Å². The van der Waals surface area contributed by atoms with Crippen molar-refractivity contribution in [2.24, 2.45) is 0 Å². The number of carbonyl (C=O) groups excluding carboxylic acids is 1. The lowest BCUT2D eigenvalue weighted by Gasteiger charge is -2.16. The maximum absolute atomic E-state index is 12.3. The fourth-order valence-electron chi connectivity index (χ4n) is 3.30. The van der Waals surface area contributed by atoms with E-state index in [2.05, 4.69) is 13.8 Å². The van der Waals surface area contributed by atoms with Crippen molar-refractivity contribution < 1.29 is 19.0 Å². The van der Waals surface area contributed by atoms with Crippen molar-refractivity contribution in [2.75, 3.05) is 19.8 Å². The monoisotopic (exact) mass is 477 g/mol. The van der Waals surface area contributed by atoms with Gasteiger partial charge in [-0.25, -0.2) is 4.79 Å². The zero-order chi connectivity index (χ0) is 23.3. The molecule has 0 unspecified atom stereocenters. The molecule has 2 rings (SSSR count). The fourth-order valence-corrected chi connectivity index (χ4v) is 5.96. The summed E-state index contributed by atoms with van der Waals surface area (Å²) in [5, 5.41) is 9.61. The average Bonchev–Trinajstić information content (AvgIpc) is 3.20. The van der Waals surface area contributed by atoms with E-state index in [1.165, 1.54) is 49.2 Å². The smallest absolute Gasteiger partial charge is 0.350 e. The maximum atomic E-state index is 12.3. The number of unbranched alkanes of at least 4 members (excludes halogenated alkanes) is 6. The molecular weight excluding hydrogens is 442 g/mol. The second-order valence-electron chi connectivity index (χ2n) is 7.70. The Balaban J connectivity index is 2.29. The van der Waals surface area contributed by atoms with Crippen molar-refractivity contribution in [2.45, 2.75) is 88.9 Å². The molecule has 176 valence electrons. The van der Waals surface area contributed by atoms with Crippen LogP contribution in [0, 0.1) is 18.3 Å². The van der Waals surface area contributed by atoms with Crippen LogP contribution in [0.2, 0.25) is 0 Å². The van der Waals surface area contributed by atoms with E-state index in [1.54, 1.807) is 6.92 Å². The van der Waals surface area contributed by atoms with E-state index >= 15 is 0 Å². The molecule has 0 radical (unpaired) electrons. The van der Waals surface area contributed by atoms with Crippen molar-refractivity contribution in [1.29, 1.82) is 5.26 Å². The Morgan fingerprint density at radius 1 is 0.938 bits per heavy atom. The van der Waals surface area contributed by atoms with Gasteiger partial charge >= 0.3 is 5.97 Å². The first-order chi connectivity index (χ1) is 15.6. The van der Waals surface area contributed by atoms with Gasteiger partial charge in [-0.2, -0.15) is 5.26 Å². The molecule has 7 heteroatoms. The van der Waals surface area contributed by atoms with Gasteiger partial charge < -0.3 is 14.2 Å². The average molecular weight is 478 g/mol. The largest absolute Gasteiger partial charge is 0.492 e. The van der Waals surface area contributed by atoms with Gasteiger partial charge in [0.25, 0.3) is 0 Å². The van der Waals surface area contributed by atoms with Gasteiger partial charge in [0.15, 0.2) is 5.57 Å². The van der Waals surface area contributed by atoms with E-state index in [-0.39, 0.29) is 12.2 Å². The molecule has 0 atom stereocenters. The zero-order valence-corrected chi connectivity index (χ0v) is 21.4. The quantitative estimate of drug-likeness (QED) is 0.120. The van der Waals surface area contributed by atoms with Crippen LogP contribution < -0.4 is 9.47 Å². The van der Waals surface area contributed by atoms with E-state index < -0.39 is 5.97 Å². The Kier molecular flexibility index (Phi) is 11.9. The van der Waals surface area contributed by atoms with E-state index in [0.717, 1.165) is 52.5 Å². The summed E-state index contributed by atoms with van der Waals surface area (Å²) in [6, 6.07) is 4.05. The van der Waals surface area contributed by atoms with Gasteiger partial charge in [0.05, 0.1) is 33.8 Å². The molecule has 32 heavy (non-hydrogen) atoms. The predicted molar refractivity (Wildman–Crippen MR) is 131 cm³/mol. The molecular formula is C25H35NO4S2. The second kappa shape index (κ2) is 14.4. The van der Waals surface area contributed by atoms with Gasteiger partial charge in [0.2, 0.25) is 0 Å². The Morgan fingerprint density at radius 3 is 2.16 bits per heavy atom. The molecule has 1 aromatic rings. The molecule has 0 spiro atoms. The third-order valence-corrected chi connectivity index (χ3v) is 7.64. The third kappa shape index (κ3) is 7.38. The highest BCUT2D eigenvalue weighted by molar-refractivity contribution is 8.24. The lowest BCUT2D eigenvalue weighted by atomic mass is 10.2. The highest BCUT2D eigenvalue weighted by atomic mass is 32.2. The number of hydrogen-bond donors (Lipinski definition) is 0. The number of thioether (sulfide) groups is 2. The first kappa shape index (κ1) is 26.5. The van der Waals surface area contributed by atoms with Crippen LogP contribution in [0.5, 0.6) is 11.5 Å². The number of ether oxygens (including phenoxy) is 3. The second-order valence-corrected chi connectivity index (χ2v) is 10.00. The van der Waals surface area contributed by atoms with E-state index in [4.69, 9.17) is 14.2 Å². The Hall–Kier alpha value is -1.78. The number of aryl methyl sites for hydroxylation is 1. The molecule has 1 aliphatic rings.